The van der Waals surface area contributed by atoms with E-state index in [-0.39, 0.29) is 5.97 Å². The van der Waals surface area contributed by atoms with Crippen molar-refractivity contribution >= 4 is 28.5 Å². The lowest BCUT2D eigenvalue weighted by molar-refractivity contribution is -0.181. The van der Waals surface area contributed by atoms with E-state index in [2.05, 4.69) is 17.1 Å². The SMILES string of the molecule is CC(=O)OC1OCCc2c1[nH]c1c(-c3ccc(Cl)cc3)cccc21. The van der Waals surface area contributed by atoms with Crippen LogP contribution in [0.25, 0.3) is 22.0 Å². The van der Waals surface area contributed by atoms with Gasteiger partial charge in [0.05, 0.1) is 17.8 Å². The summed E-state index contributed by atoms with van der Waals surface area (Å²) in [5.41, 5.74) is 5.16. The van der Waals surface area contributed by atoms with Crippen molar-refractivity contribution < 1.29 is 14.3 Å². The molecule has 1 aromatic heterocycles. The van der Waals surface area contributed by atoms with Crippen molar-refractivity contribution in [3.63, 3.8) is 0 Å². The minimum absolute atomic E-state index is 0.357. The summed E-state index contributed by atoms with van der Waals surface area (Å²) in [6, 6.07) is 13.9. The Kier molecular flexibility index (Phi) is 3.79. The van der Waals surface area contributed by atoms with E-state index in [1.807, 2.05) is 30.3 Å². The van der Waals surface area contributed by atoms with E-state index in [1.165, 1.54) is 6.92 Å². The number of hydrogen-bond donors (Lipinski definition) is 1. The van der Waals surface area contributed by atoms with Gasteiger partial charge in [-0.1, -0.05) is 41.9 Å². The average Bonchev–Trinajstić information content (AvgIpc) is 2.95. The van der Waals surface area contributed by atoms with Gasteiger partial charge in [-0.2, -0.15) is 0 Å². The predicted molar refractivity (Wildman–Crippen MR) is 92.9 cm³/mol. The van der Waals surface area contributed by atoms with Crippen LogP contribution < -0.4 is 0 Å². The summed E-state index contributed by atoms with van der Waals surface area (Å²) < 4.78 is 10.9. The van der Waals surface area contributed by atoms with Gasteiger partial charge < -0.3 is 14.5 Å². The maximum Gasteiger partial charge on any atom is 0.305 e. The van der Waals surface area contributed by atoms with E-state index in [1.54, 1.807) is 0 Å². The van der Waals surface area contributed by atoms with Crippen molar-refractivity contribution in [1.82, 2.24) is 4.98 Å². The number of aromatic nitrogens is 1. The molecule has 0 radical (unpaired) electrons. The van der Waals surface area contributed by atoms with Gasteiger partial charge in [-0.3, -0.25) is 4.79 Å². The third kappa shape index (κ3) is 2.58. The smallest absolute Gasteiger partial charge is 0.305 e. The molecule has 1 N–H and O–H groups in total. The fourth-order valence-corrected chi connectivity index (χ4v) is 3.36. The zero-order valence-corrected chi connectivity index (χ0v) is 13.9. The minimum Gasteiger partial charge on any atom is -0.430 e. The third-order valence-electron chi connectivity index (χ3n) is 4.26. The lowest BCUT2D eigenvalue weighted by atomic mass is 10.00. The highest BCUT2D eigenvalue weighted by Gasteiger charge is 2.28. The number of halogens is 1. The minimum atomic E-state index is -0.670. The average molecular weight is 342 g/mol. The highest BCUT2D eigenvalue weighted by molar-refractivity contribution is 6.30. The summed E-state index contributed by atoms with van der Waals surface area (Å²) in [4.78, 5) is 14.7. The predicted octanol–water partition coefficient (Wildman–Crippen LogP) is 4.62. The van der Waals surface area contributed by atoms with E-state index in [0.29, 0.717) is 11.6 Å². The number of carbonyl (C=O) groups is 1. The Bertz CT molecular complexity index is 914. The topological polar surface area (TPSA) is 51.3 Å². The van der Waals surface area contributed by atoms with Gasteiger partial charge in [-0.25, -0.2) is 0 Å². The maximum atomic E-state index is 11.3. The molecule has 0 saturated heterocycles. The van der Waals surface area contributed by atoms with Crippen LogP contribution in [0.3, 0.4) is 0 Å². The van der Waals surface area contributed by atoms with E-state index in [9.17, 15) is 4.79 Å². The second-order valence-electron chi connectivity index (χ2n) is 5.81. The molecule has 0 fully saturated rings. The molecule has 1 unspecified atom stereocenters. The number of carbonyl (C=O) groups excluding carboxylic acids is 1. The molecule has 1 atom stereocenters. The summed E-state index contributed by atoms with van der Waals surface area (Å²) in [5.74, 6) is -0.357. The van der Waals surface area contributed by atoms with Gasteiger partial charge in [0.15, 0.2) is 0 Å². The fourth-order valence-electron chi connectivity index (χ4n) is 3.23. The Morgan fingerprint density at radius 3 is 2.79 bits per heavy atom. The normalized spacial score (nSPS) is 16.8. The Morgan fingerprint density at radius 1 is 1.25 bits per heavy atom. The highest BCUT2D eigenvalue weighted by atomic mass is 35.5. The van der Waals surface area contributed by atoms with Gasteiger partial charge in [0.2, 0.25) is 6.29 Å². The van der Waals surface area contributed by atoms with Crippen molar-refractivity contribution in [2.24, 2.45) is 0 Å². The van der Waals surface area contributed by atoms with Crippen molar-refractivity contribution in [2.45, 2.75) is 19.6 Å². The number of fused-ring (bicyclic) bond motifs is 3. The van der Waals surface area contributed by atoms with Crippen LogP contribution in [0.4, 0.5) is 0 Å². The Labute approximate surface area is 144 Å². The number of rotatable bonds is 2. The van der Waals surface area contributed by atoms with Gasteiger partial charge >= 0.3 is 5.97 Å². The van der Waals surface area contributed by atoms with Crippen molar-refractivity contribution in [3.8, 4) is 11.1 Å². The fraction of sp³-hybridized carbons (Fsp3) is 0.211. The number of aromatic amines is 1. The van der Waals surface area contributed by atoms with Gasteiger partial charge in [0.25, 0.3) is 0 Å². The molecule has 3 aromatic rings. The number of nitrogens with one attached hydrogen (secondary N) is 1. The van der Waals surface area contributed by atoms with Crippen LogP contribution >= 0.6 is 11.6 Å². The molecule has 4 nitrogen and oxygen atoms in total. The molecule has 4 rings (SSSR count). The molecule has 2 heterocycles. The first-order valence-corrected chi connectivity index (χ1v) is 8.19. The molecular weight excluding hydrogens is 326 g/mol. The van der Waals surface area contributed by atoms with E-state index in [4.69, 9.17) is 21.1 Å². The molecule has 0 amide bonds. The van der Waals surface area contributed by atoms with Crippen molar-refractivity contribution in [1.29, 1.82) is 0 Å². The van der Waals surface area contributed by atoms with Crippen LogP contribution in [0.15, 0.2) is 42.5 Å². The lowest BCUT2D eigenvalue weighted by Gasteiger charge is -2.22. The van der Waals surface area contributed by atoms with Gasteiger partial charge in [0.1, 0.15) is 0 Å². The molecular formula is C19H16ClNO3. The van der Waals surface area contributed by atoms with Crippen LogP contribution in [0.1, 0.15) is 24.5 Å². The molecule has 0 aliphatic carbocycles. The van der Waals surface area contributed by atoms with Crippen LogP contribution in [-0.4, -0.2) is 17.6 Å². The van der Waals surface area contributed by atoms with Crippen LogP contribution in [0.5, 0.6) is 0 Å². The molecule has 2 aromatic carbocycles. The monoisotopic (exact) mass is 341 g/mol. The van der Waals surface area contributed by atoms with Gasteiger partial charge in [0, 0.05) is 22.9 Å². The van der Waals surface area contributed by atoms with Gasteiger partial charge in [-0.15, -0.1) is 0 Å². The molecule has 0 bridgehead atoms. The van der Waals surface area contributed by atoms with Crippen molar-refractivity contribution in [3.05, 3.63) is 58.7 Å². The highest BCUT2D eigenvalue weighted by Crippen LogP contribution is 2.37. The third-order valence-corrected chi connectivity index (χ3v) is 4.51. The zero-order chi connectivity index (χ0) is 16.7. The zero-order valence-electron chi connectivity index (χ0n) is 13.1. The number of para-hydroxylation sites is 1. The van der Waals surface area contributed by atoms with Crippen molar-refractivity contribution in [2.75, 3.05) is 6.61 Å². The Morgan fingerprint density at radius 2 is 2.04 bits per heavy atom. The quantitative estimate of drug-likeness (QED) is 0.692. The Balaban J connectivity index is 1.88. The maximum absolute atomic E-state index is 11.3. The first-order valence-electron chi connectivity index (χ1n) is 7.81. The molecule has 122 valence electrons. The number of esters is 1. The van der Waals surface area contributed by atoms with Gasteiger partial charge in [-0.05, 0) is 29.7 Å². The lowest BCUT2D eigenvalue weighted by Crippen LogP contribution is -2.20. The molecule has 1 aliphatic rings. The summed E-state index contributed by atoms with van der Waals surface area (Å²) >= 11 is 5.99. The number of benzene rings is 2. The Hall–Kier alpha value is -2.30. The number of hydrogen-bond acceptors (Lipinski definition) is 3. The van der Waals surface area contributed by atoms with E-state index in [0.717, 1.165) is 39.7 Å². The summed E-state index contributed by atoms with van der Waals surface area (Å²) in [7, 11) is 0. The van der Waals surface area contributed by atoms with Crippen LogP contribution in [-0.2, 0) is 20.7 Å². The second-order valence-corrected chi connectivity index (χ2v) is 6.25. The summed E-state index contributed by atoms with van der Waals surface area (Å²) in [6.45, 7) is 1.92. The second kappa shape index (κ2) is 5.96. The number of H-pyrrole nitrogens is 1. The molecule has 1 aliphatic heterocycles. The van der Waals surface area contributed by atoms with Crippen LogP contribution in [0.2, 0.25) is 5.02 Å². The molecule has 24 heavy (non-hydrogen) atoms. The first kappa shape index (κ1) is 15.2. The summed E-state index contributed by atoms with van der Waals surface area (Å²) in [6.07, 6.45) is 0.119. The largest absolute Gasteiger partial charge is 0.430 e. The molecule has 5 heteroatoms. The van der Waals surface area contributed by atoms with E-state index >= 15 is 0 Å². The standard InChI is InChI=1S/C19H16ClNO3/c1-11(22)24-19-18-16(9-10-23-19)15-4-2-3-14(17(15)21-18)12-5-7-13(20)8-6-12/h2-8,19,21H,9-10H2,1H3. The van der Waals surface area contributed by atoms with E-state index < -0.39 is 6.29 Å². The molecule has 0 spiro atoms. The molecule has 0 saturated carbocycles. The summed E-state index contributed by atoms with van der Waals surface area (Å²) in [5, 5.41) is 1.85. The first-order chi connectivity index (χ1) is 11.6. The number of ether oxygens (including phenoxy) is 2. The van der Waals surface area contributed by atoms with Crippen LogP contribution in [0, 0.1) is 0 Å².